The van der Waals surface area contributed by atoms with Crippen molar-refractivity contribution in [2.24, 2.45) is 0 Å². The van der Waals surface area contributed by atoms with Gasteiger partial charge in [0.15, 0.2) is 5.13 Å². The number of nitrogens with one attached hydrogen (secondary N) is 1. The Morgan fingerprint density at radius 1 is 1.26 bits per heavy atom. The van der Waals surface area contributed by atoms with Crippen molar-refractivity contribution in [3.8, 4) is 0 Å². The smallest absolute Gasteiger partial charge is 0.226 e. The van der Waals surface area contributed by atoms with E-state index in [1.807, 2.05) is 35.7 Å². The van der Waals surface area contributed by atoms with Crippen LogP contribution in [0.2, 0.25) is 5.02 Å². The molecule has 0 radical (unpaired) electrons. The van der Waals surface area contributed by atoms with Gasteiger partial charge in [-0.1, -0.05) is 29.8 Å². The third-order valence-corrected chi connectivity index (χ3v) is 5.36. The van der Waals surface area contributed by atoms with Crippen molar-refractivity contribution < 1.29 is 4.79 Å². The number of hydrogen-bond donors (Lipinski definition) is 1. The molecule has 0 unspecified atom stereocenters. The number of carbonyl (C=O) groups excluding carboxylic acids is 1. The van der Waals surface area contributed by atoms with Gasteiger partial charge in [0, 0.05) is 28.9 Å². The third-order valence-electron chi connectivity index (χ3n) is 3.34. The summed E-state index contributed by atoms with van der Waals surface area (Å²) in [5.74, 6) is -0.00477. The summed E-state index contributed by atoms with van der Waals surface area (Å²) in [6.45, 7) is 0. The second kappa shape index (κ2) is 7.73. The van der Waals surface area contributed by atoms with Gasteiger partial charge in [-0.25, -0.2) is 4.98 Å². The standard InChI is InChI=1S/C17H15ClN2OS2/c18-15-4-2-1-3-13(15)9-14-10-19-17(23-14)20-16(21)6-5-12-7-8-22-11-12/h1-4,7-8,10-11H,5-6,9H2,(H,19,20,21). The van der Waals surface area contributed by atoms with E-state index in [2.05, 4.69) is 15.7 Å². The molecule has 0 spiro atoms. The maximum Gasteiger partial charge on any atom is 0.226 e. The molecule has 2 aromatic heterocycles. The molecule has 0 atom stereocenters. The van der Waals surface area contributed by atoms with Crippen LogP contribution in [0.15, 0.2) is 47.3 Å². The minimum atomic E-state index is -0.00477. The molecule has 0 aliphatic rings. The molecule has 0 aliphatic carbocycles. The zero-order chi connectivity index (χ0) is 16.1. The summed E-state index contributed by atoms with van der Waals surface area (Å²) in [5, 5.41) is 8.35. The minimum absolute atomic E-state index is 0.00477. The van der Waals surface area contributed by atoms with Gasteiger partial charge in [0.1, 0.15) is 0 Å². The van der Waals surface area contributed by atoms with Crippen LogP contribution in [0.4, 0.5) is 5.13 Å². The Bertz CT molecular complexity index is 784. The SMILES string of the molecule is O=C(CCc1ccsc1)Nc1ncc(Cc2ccccc2Cl)s1. The number of benzene rings is 1. The highest BCUT2D eigenvalue weighted by molar-refractivity contribution is 7.15. The van der Waals surface area contributed by atoms with Crippen molar-refractivity contribution in [2.45, 2.75) is 19.3 Å². The van der Waals surface area contributed by atoms with Crippen LogP contribution in [0.25, 0.3) is 0 Å². The predicted molar refractivity (Wildman–Crippen MR) is 97.6 cm³/mol. The number of aryl methyl sites for hydroxylation is 1. The van der Waals surface area contributed by atoms with Gasteiger partial charge in [0.05, 0.1) is 0 Å². The number of aromatic nitrogens is 1. The van der Waals surface area contributed by atoms with Gasteiger partial charge in [-0.15, -0.1) is 11.3 Å². The number of anilines is 1. The summed E-state index contributed by atoms with van der Waals surface area (Å²) in [4.78, 5) is 17.3. The summed E-state index contributed by atoms with van der Waals surface area (Å²) >= 11 is 9.31. The Hall–Kier alpha value is -1.69. The Kier molecular flexibility index (Phi) is 5.43. The lowest BCUT2D eigenvalue weighted by Gasteiger charge is -2.01. The second-order valence-corrected chi connectivity index (χ2v) is 7.38. The van der Waals surface area contributed by atoms with Crippen LogP contribution >= 0.6 is 34.3 Å². The Labute approximate surface area is 148 Å². The second-order valence-electron chi connectivity index (χ2n) is 5.08. The lowest BCUT2D eigenvalue weighted by atomic mass is 10.1. The van der Waals surface area contributed by atoms with E-state index in [-0.39, 0.29) is 5.91 Å². The molecular formula is C17H15ClN2OS2. The zero-order valence-corrected chi connectivity index (χ0v) is 14.7. The number of thiophene rings is 1. The average Bonchev–Trinajstić information content (AvgIpc) is 3.19. The van der Waals surface area contributed by atoms with Crippen LogP contribution in [0.5, 0.6) is 0 Å². The summed E-state index contributed by atoms with van der Waals surface area (Å²) in [7, 11) is 0. The lowest BCUT2D eigenvalue weighted by molar-refractivity contribution is -0.116. The van der Waals surface area contributed by atoms with Gasteiger partial charge in [-0.3, -0.25) is 4.79 Å². The number of amides is 1. The van der Waals surface area contributed by atoms with Gasteiger partial charge in [0.25, 0.3) is 0 Å². The number of thiazole rings is 1. The van der Waals surface area contributed by atoms with Crippen LogP contribution in [0.3, 0.4) is 0 Å². The molecule has 0 saturated carbocycles. The molecule has 0 aliphatic heterocycles. The molecule has 1 amide bonds. The van der Waals surface area contributed by atoms with E-state index >= 15 is 0 Å². The largest absolute Gasteiger partial charge is 0.302 e. The first-order chi connectivity index (χ1) is 11.2. The van der Waals surface area contributed by atoms with Crippen molar-refractivity contribution in [1.29, 1.82) is 0 Å². The number of rotatable bonds is 6. The van der Waals surface area contributed by atoms with E-state index in [0.717, 1.165) is 28.3 Å². The highest BCUT2D eigenvalue weighted by Gasteiger charge is 2.09. The quantitative estimate of drug-likeness (QED) is 0.668. The van der Waals surface area contributed by atoms with E-state index in [9.17, 15) is 4.79 Å². The van der Waals surface area contributed by atoms with E-state index in [4.69, 9.17) is 11.6 Å². The van der Waals surface area contributed by atoms with Crippen molar-refractivity contribution in [2.75, 3.05) is 5.32 Å². The zero-order valence-electron chi connectivity index (χ0n) is 12.3. The molecule has 0 fully saturated rings. The first-order valence-corrected chi connectivity index (χ1v) is 9.33. The van der Waals surface area contributed by atoms with Crippen LogP contribution < -0.4 is 5.32 Å². The minimum Gasteiger partial charge on any atom is -0.302 e. The Morgan fingerprint density at radius 2 is 2.13 bits per heavy atom. The van der Waals surface area contributed by atoms with Crippen LogP contribution in [0.1, 0.15) is 22.4 Å². The summed E-state index contributed by atoms with van der Waals surface area (Å²) in [6, 6.07) is 9.81. The van der Waals surface area contributed by atoms with E-state index in [1.54, 1.807) is 17.5 Å². The molecule has 3 nitrogen and oxygen atoms in total. The normalized spacial score (nSPS) is 10.7. The molecule has 1 aromatic carbocycles. The Balaban J connectivity index is 1.54. The molecule has 2 heterocycles. The average molecular weight is 363 g/mol. The molecule has 0 bridgehead atoms. The first kappa shape index (κ1) is 16.2. The summed E-state index contributed by atoms with van der Waals surface area (Å²) < 4.78 is 0. The molecular weight excluding hydrogens is 348 g/mol. The highest BCUT2D eigenvalue weighted by Crippen LogP contribution is 2.24. The molecule has 3 aromatic rings. The van der Waals surface area contributed by atoms with Gasteiger partial charge >= 0.3 is 0 Å². The molecule has 0 saturated heterocycles. The number of carbonyl (C=O) groups is 1. The van der Waals surface area contributed by atoms with E-state index < -0.39 is 0 Å². The van der Waals surface area contributed by atoms with Crippen molar-refractivity contribution >= 4 is 45.3 Å². The van der Waals surface area contributed by atoms with E-state index in [0.29, 0.717) is 11.6 Å². The predicted octanol–water partition coefficient (Wildman–Crippen LogP) is 5.02. The van der Waals surface area contributed by atoms with Gasteiger partial charge in [-0.05, 0) is 40.4 Å². The van der Waals surface area contributed by atoms with Crippen molar-refractivity contribution in [3.63, 3.8) is 0 Å². The Morgan fingerprint density at radius 3 is 2.91 bits per heavy atom. The number of hydrogen-bond acceptors (Lipinski definition) is 4. The molecule has 23 heavy (non-hydrogen) atoms. The van der Waals surface area contributed by atoms with Gasteiger partial charge < -0.3 is 5.32 Å². The number of nitrogens with zero attached hydrogens (tertiary/aromatic N) is 1. The number of halogens is 1. The van der Waals surface area contributed by atoms with Crippen LogP contribution in [-0.4, -0.2) is 10.9 Å². The van der Waals surface area contributed by atoms with Crippen molar-refractivity contribution in [3.05, 3.63) is 68.3 Å². The topological polar surface area (TPSA) is 42.0 Å². The fraction of sp³-hybridized carbons (Fsp3) is 0.176. The third kappa shape index (κ3) is 4.64. The highest BCUT2D eigenvalue weighted by atomic mass is 35.5. The molecule has 1 N–H and O–H groups in total. The fourth-order valence-electron chi connectivity index (χ4n) is 2.15. The first-order valence-electron chi connectivity index (χ1n) is 7.20. The lowest BCUT2D eigenvalue weighted by Crippen LogP contribution is -2.11. The molecule has 3 rings (SSSR count). The van der Waals surface area contributed by atoms with Crippen molar-refractivity contribution in [1.82, 2.24) is 4.98 Å². The van der Waals surface area contributed by atoms with Gasteiger partial charge in [-0.2, -0.15) is 11.3 Å². The van der Waals surface area contributed by atoms with Gasteiger partial charge in [0.2, 0.25) is 5.91 Å². The summed E-state index contributed by atoms with van der Waals surface area (Å²) in [6.07, 6.45) is 3.74. The van der Waals surface area contributed by atoms with E-state index in [1.165, 1.54) is 16.9 Å². The maximum absolute atomic E-state index is 12.0. The summed E-state index contributed by atoms with van der Waals surface area (Å²) in [5.41, 5.74) is 2.26. The van der Waals surface area contributed by atoms with Crippen LogP contribution in [0, 0.1) is 0 Å². The fourth-order valence-corrected chi connectivity index (χ4v) is 3.91. The molecule has 118 valence electrons. The molecule has 6 heteroatoms. The monoisotopic (exact) mass is 362 g/mol. The maximum atomic E-state index is 12.0. The van der Waals surface area contributed by atoms with Crippen LogP contribution in [-0.2, 0) is 17.6 Å².